The third-order valence-corrected chi connectivity index (χ3v) is 7.02. The summed E-state index contributed by atoms with van der Waals surface area (Å²) in [4.78, 5) is 27.1. The van der Waals surface area contributed by atoms with Gasteiger partial charge in [-0.1, -0.05) is 48.9 Å². The van der Waals surface area contributed by atoms with Crippen LogP contribution in [0.15, 0.2) is 42.0 Å². The van der Waals surface area contributed by atoms with Gasteiger partial charge >= 0.3 is 6.09 Å². The Kier molecular flexibility index (Phi) is 4.83. The number of hydrogen-bond acceptors (Lipinski definition) is 3. The van der Waals surface area contributed by atoms with Crippen molar-refractivity contribution in [1.82, 2.24) is 4.90 Å². The van der Waals surface area contributed by atoms with E-state index in [1.54, 1.807) is 0 Å². The molecule has 0 bridgehead atoms. The zero-order valence-electron chi connectivity index (χ0n) is 16.3. The molecule has 4 heteroatoms. The van der Waals surface area contributed by atoms with Crippen LogP contribution in [0.2, 0.25) is 0 Å². The lowest BCUT2D eigenvalue weighted by Gasteiger charge is -2.47. The van der Waals surface area contributed by atoms with Crippen LogP contribution in [0.3, 0.4) is 0 Å². The van der Waals surface area contributed by atoms with Crippen LogP contribution >= 0.6 is 0 Å². The third-order valence-electron chi connectivity index (χ3n) is 7.02. The molecule has 4 atom stereocenters. The van der Waals surface area contributed by atoms with Gasteiger partial charge in [0, 0.05) is 5.92 Å². The first-order valence-electron chi connectivity index (χ1n) is 10.2. The highest BCUT2D eigenvalue weighted by Crippen LogP contribution is 2.52. The molecule has 1 heterocycles. The summed E-state index contributed by atoms with van der Waals surface area (Å²) < 4.78 is 5.26. The lowest BCUT2D eigenvalue weighted by atomic mass is 9.58. The van der Waals surface area contributed by atoms with E-state index >= 15 is 0 Å². The number of carbonyl (C=O) groups is 2. The van der Waals surface area contributed by atoms with Gasteiger partial charge in [-0.05, 0) is 62.3 Å². The van der Waals surface area contributed by atoms with E-state index in [-0.39, 0.29) is 17.9 Å². The zero-order valence-corrected chi connectivity index (χ0v) is 16.3. The first-order chi connectivity index (χ1) is 13.0. The highest BCUT2D eigenvalue weighted by molar-refractivity contribution is 5.95. The molecule has 27 heavy (non-hydrogen) atoms. The molecular formula is C23H29NO3. The number of cyclic esters (lactones) is 1. The van der Waals surface area contributed by atoms with Crippen molar-refractivity contribution in [2.45, 2.75) is 58.4 Å². The smallest absolute Gasteiger partial charge is 0.416 e. The molecule has 1 aromatic rings. The number of imide groups is 1. The number of ether oxygens (including phenoxy) is 1. The van der Waals surface area contributed by atoms with Gasteiger partial charge < -0.3 is 4.74 Å². The maximum absolute atomic E-state index is 13.3. The zero-order chi connectivity index (χ0) is 19.0. The van der Waals surface area contributed by atoms with E-state index in [9.17, 15) is 9.59 Å². The lowest BCUT2D eigenvalue weighted by Crippen LogP contribution is -2.47. The maximum atomic E-state index is 13.3. The van der Waals surface area contributed by atoms with Crippen LogP contribution in [0.1, 0.15) is 51.5 Å². The molecular weight excluding hydrogens is 338 g/mol. The van der Waals surface area contributed by atoms with Gasteiger partial charge in [0.15, 0.2) is 0 Å². The molecule has 0 radical (unpaired) electrons. The minimum atomic E-state index is -0.467. The molecule has 0 aromatic heterocycles. The van der Waals surface area contributed by atoms with Crippen LogP contribution in [-0.4, -0.2) is 29.5 Å². The van der Waals surface area contributed by atoms with Gasteiger partial charge in [-0.15, -0.1) is 0 Å². The first-order valence-corrected chi connectivity index (χ1v) is 10.2. The maximum Gasteiger partial charge on any atom is 0.416 e. The second-order valence-electron chi connectivity index (χ2n) is 8.79. The van der Waals surface area contributed by atoms with E-state index in [0.717, 1.165) is 31.2 Å². The molecule has 0 N–H and O–H groups in total. The predicted molar refractivity (Wildman–Crippen MR) is 104 cm³/mol. The van der Waals surface area contributed by atoms with E-state index in [4.69, 9.17) is 4.74 Å². The van der Waals surface area contributed by atoms with Crippen molar-refractivity contribution in [3.05, 3.63) is 47.5 Å². The Hall–Kier alpha value is -2.10. The topological polar surface area (TPSA) is 46.6 Å². The summed E-state index contributed by atoms with van der Waals surface area (Å²) in [5.74, 6) is 0.354. The molecule has 1 aromatic carbocycles. The molecule has 3 aliphatic rings. The molecule has 0 spiro atoms. The SMILES string of the molecule is CC1=CCCC2(C)CCC(C(=O)N3C(=O)OC[C@H]3Cc3ccccc3)CC12. The number of amides is 2. The molecule has 1 saturated heterocycles. The number of benzene rings is 1. The van der Waals surface area contributed by atoms with Crippen molar-refractivity contribution in [3.63, 3.8) is 0 Å². The van der Waals surface area contributed by atoms with Crippen LogP contribution < -0.4 is 0 Å². The quantitative estimate of drug-likeness (QED) is 0.725. The van der Waals surface area contributed by atoms with Gasteiger partial charge in [0.25, 0.3) is 0 Å². The van der Waals surface area contributed by atoms with Crippen molar-refractivity contribution in [2.75, 3.05) is 6.61 Å². The van der Waals surface area contributed by atoms with Gasteiger partial charge in [0.05, 0.1) is 6.04 Å². The van der Waals surface area contributed by atoms with Crippen LogP contribution in [0.25, 0.3) is 0 Å². The number of carbonyl (C=O) groups excluding carboxylic acids is 2. The second-order valence-corrected chi connectivity index (χ2v) is 8.79. The number of rotatable bonds is 3. The minimum absolute atomic E-state index is 0.0288. The monoisotopic (exact) mass is 367 g/mol. The van der Waals surface area contributed by atoms with Gasteiger partial charge in [0.2, 0.25) is 5.91 Å². The van der Waals surface area contributed by atoms with Crippen LogP contribution in [0, 0.1) is 17.3 Å². The van der Waals surface area contributed by atoms with Crippen LogP contribution in [0.5, 0.6) is 0 Å². The highest BCUT2D eigenvalue weighted by Gasteiger charge is 2.47. The van der Waals surface area contributed by atoms with Gasteiger partial charge in [-0.2, -0.15) is 0 Å². The summed E-state index contributed by atoms with van der Waals surface area (Å²) in [7, 11) is 0. The molecule has 3 unspecified atom stereocenters. The van der Waals surface area contributed by atoms with Gasteiger partial charge in [-0.25, -0.2) is 9.69 Å². The van der Waals surface area contributed by atoms with Crippen LogP contribution in [-0.2, 0) is 16.0 Å². The molecule has 1 aliphatic heterocycles. The number of allylic oxidation sites excluding steroid dienone is 2. The van der Waals surface area contributed by atoms with E-state index in [0.29, 0.717) is 24.4 Å². The fourth-order valence-electron chi connectivity index (χ4n) is 5.36. The number of hydrogen-bond donors (Lipinski definition) is 0. The van der Waals surface area contributed by atoms with Gasteiger partial charge in [0.1, 0.15) is 6.61 Å². The van der Waals surface area contributed by atoms with E-state index in [1.807, 2.05) is 30.3 Å². The number of nitrogens with zero attached hydrogens (tertiary/aromatic N) is 1. The summed E-state index contributed by atoms with van der Waals surface area (Å²) in [6.07, 6.45) is 7.68. The summed E-state index contributed by atoms with van der Waals surface area (Å²) >= 11 is 0. The Bertz CT molecular complexity index is 756. The standard InChI is InChI=1S/C23H29NO3/c1-16-7-6-11-23(2)12-10-18(14-20(16)23)21(25)24-19(15-27-22(24)26)13-17-8-4-3-5-9-17/h3-5,7-9,18-20H,6,10-15H2,1-2H3/t18?,19-,20?,23?/m1/s1. The second kappa shape index (κ2) is 7.14. The molecule has 1 saturated carbocycles. The predicted octanol–water partition coefficient (Wildman–Crippen LogP) is 4.74. The fraction of sp³-hybridized carbons (Fsp3) is 0.565. The number of fused-ring (bicyclic) bond motifs is 1. The van der Waals surface area contributed by atoms with Crippen molar-refractivity contribution < 1.29 is 14.3 Å². The van der Waals surface area contributed by atoms with Crippen molar-refractivity contribution in [2.24, 2.45) is 17.3 Å². The molecule has 144 valence electrons. The fourth-order valence-corrected chi connectivity index (χ4v) is 5.36. The average molecular weight is 367 g/mol. The van der Waals surface area contributed by atoms with Crippen molar-refractivity contribution in [3.8, 4) is 0 Å². The first kappa shape index (κ1) is 18.3. The molecule has 2 aliphatic carbocycles. The summed E-state index contributed by atoms with van der Waals surface area (Å²) in [6.45, 7) is 4.88. The van der Waals surface area contributed by atoms with Crippen molar-refractivity contribution in [1.29, 1.82) is 0 Å². The lowest BCUT2D eigenvalue weighted by molar-refractivity contribution is -0.136. The van der Waals surface area contributed by atoms with E-state index < -0.39 is 6.09 Å². The molecule has 2 amide bonds. The normalized spacial score (nSPS) is 33.3. The molecule has 4 rings (SSSR count). The average Bonchev–Trinajstić information content (AvgIpc) is 3.02. The Morgan fingerprint density at radius 1 is 1.26 bits per heavy atom. The molecule has 4 nitrogen and oxygen atoms in total. The largest absolute Gasteiger partial charge is 0.447 e. The summed E-state index contributed by atoms with van der Waals surface area (Å²) in [6, 6.07) is 9.82. The Balaban J connectivity index is 1.50. The van der Waals surface area contributed by atoms with Gasteiger partial charge in [-0.3, -0.25) is 4.79 Å². The van der Waals surface area contributed by atoms with Crippen molar-refractivity contribution >= 4 is 12.0 Å². The molecule has 2 fully saturated rings. The van der Waals surface area contributed by atoms with E-state index in [1.165, 1.54) is 16.9 Å². The van der Waals surface area contributed by atoms with Crippen LogP contribution in [0.4, 0.5) is 4.79 Å². The Morgan fingerprint density at radius 2 is 2.04 bits per heavy atom. The third kappa shape index (κ3) is 3.42. The van der Waals surface area contributed by atoms with E-state index in [2.05, 4.69) is 19.9 Å². The summed E-state index contributed by atoms with van der Waals surface area (Å²) in [5.41, 5.74) is 2.86. The Labute approximate surface area is 161 Å². The summed E-state index contributed by atoms with van der Waals surface area (Å²) in [5, 5.41) is 0. The minimum Gasteiger partial charge on any atom is -0.447 e. The Morgan fingerprint density at radius 3 is 2.81 bits per heavy atom. The highest BCUT2D eigenvalue weighted by atomic mass is 16.6.